The highest BCUT2D eigenvalue weighted by Gasteiger charge is 2.20. The SMILES string of the molecule is CCN(Cc1ccc2c(c1)OCCO2)C(=O)c1ccc(S(=O)(=O)Nc2ccccc2F)cc1. The van der Waals surface area contributed by atoms with Gasteiger partial charge in [-0.1, -0.05) is 18.2 Å². The van der Waals surface area contributed by atoms with Gasteiger partial charge in [0.1, 0.15) is 19.0 Å². The van der Waals surface area contributed by atoms with Gasteiger partial charge >= 0.3 is 0 Å². The second-order valence-corrected chi connectivity index (χ2v) is 9.09. The van der Waals surface area contributed by atoms with Crippen LogP contribution in [0.5, 0.6) is 11.5 Å². The third kappa shape index (κ3) is 5.09. The Morgan fingerprint density at radius 1 is 1.00 bits per heavy atom. The Bertz CT molecular complexity index is 1260. The summed E-state index contributed by atoms with van der Waals surface area (Å²) in [5.41, 5.74) is 1.09. The highest BCUT2D eigenvalue weighted by Crippen LogP contribution is 2.31. The third-order valence-corrected chi connectivity index (χ3v) is 6.56. The van der Waals surface area contributed by atoms with E-state index in [1.807, 2.05) is 25.1 Å². The molecule has 0 radical (unpaired) electrons. The number of hydrogen-bond donors (Lipinski definition) is 1. The molecule has 1 N–H and O–H groups in total. The molecule has 3 aromatic rings. The molecule has 0 spiro atoms. The molecule has 0 saturated carbocycles. The number of nitrogens with one attached hydrogen (secondary N) is 1. The number of carbonyl (C=O) groups is 1. The molecular weight excluding hydrogens is 447 g/mol. The number of para-hydroxylation sites is 1. The standard InChI is InChI=1S/C24H23FN2O5S/c1-2-27(16-17-7-12-22-23(15-17)32-14-13-31-22)24(28)18-8-10-19(11-9-18)33(29,30)26-21-6-4-3-5-20(21)25/h3-12,15,26H,2,13-14,16H2,1H3. The van der Waals surface area contributed by atoms with Gasteiger partial charge in [0, 0.05) is 18.7 Å². The Morgan fingerprint density at radius 3 is 2.39 bits per heavy atom. The van der Waals surface area contributed by atoms with Gasteiger partial charge in [-0.15, -0.1) is 0 Å². The van der Waals surface area contributed by atoms with E-state index in [9.17, 15) is 17.6 Å². The first-order valence-electron chi connectivity index (χ1n) is 10.4. The van der Waals surface area contributed by atoms with Gasteiger partial charge < -0.3 is 14.4 Å². The Labute approximate surface area is 191 Å². The maximum Gasteiger partial charge on any atom is 0.261 e. The summed E-state index contributed by atoms with van der Waals surface area (Å²) in [7, 11) is -4.00. The van der Waals surface area contributed by atoms with E-state index < -0.39 is 15.8 Å². The van der Waals surface area contributed by atoms with E-state index in [0.29, 0.717) is 43.4 Å². The van der Waals surface area contributed by atoms with Crippen molar-refractivity contribution in [1.82, 2.24) is 4.90 Å². The van der Waals surface area contributed by atoms with Crippen LogP contribution in [0.4, 0.5) is 10.1 Å². The summed E-state index contributed by atoms with van der Waals surface area (Å²) in [6.45, 7) is 3.68. The van der Waals surface area contributed by atoms with Crippen LogP contribution in [0.2, 0.25) is 0 Å². The molecule has 0 fully saturated rings. The van der Waals surface area contributed by atoms with Crippen LogP contribution in [0.1, 0.15) is 22.8 Å². The molecule has 9 heteroatoms. The van der Waals surface area contributed by atoms with Crippen molar-refractivity contribution >= 4 is 21.6 Å². The van der Waals surface area contributed by atoms with Gasteiger partial charge in [-0.05, 0) is 61.0 Å². The monoisotopic (exact) mass is 470 g/mol. The maximum absolute atomic E-state index is 13.8. The van der Waals surface area contributed by atoms with E-state index in [-0.39, 0.29) is 16.5 Å². The molecule has 1 heterocycles. The van der Waals surface area contributed by atoms with Crippen molar-refractivity contribution < 1.29 is 27.1 Å². The van der Waals surface area contributed by atoms with Crippen molar-refractivity contribution in [2.75, 3.05) is 24.5 Å². The zero-order valence-electron chi connectivity index (χ0n) is 18.0. The number of anilines is 1. The number of rotatable bonds is 7. The smallest absolute Gasteiger partial charge is 0.261 e. The first kappa shape index (κ1) is 22.6. The van der Waals surface area contributed by atoms with Crippen molar-refractivity contribution in [3.63, 3.8) is 0 Å². The number of sulfonamides is 1. The van der Waals surface area contributed by atoms with E-state index in [4.69, 9.17) is 9.47 Å². The zero-order chi connectivity index (χ0) is 23.4. The lowest BCUT2D eigenvalue weighted by Gasteiger charge is -2.23. The van der Waals surface area contributed by atoms with Crippen LogP contribution in [0.25, 0.3) is 0 Å². The predicted octanol–water partition coefficient (Wildman–Crippen LogP) is 4.06. The summed E-state index contributed by atoms with van der Waals surface area (Å²) in [6, 6.07) is 16.6. The summed E-state index contributed by atoms with van der Waals surface area (Å²) in [4.78, 5) is 14.6. The van der Waals surface area contributed by atoms with Crippen LogP contribution in [-0.2, 0) is 16.6 Å². The normalized spacial score (nSPS) is 12.8. The second kappa shape index (κ2) is 9.50. The van der Waals surface area contributed by atoms with Crippen molar-refractivity contribution in [2.45, 2.75) is 18.4 Å². The number of ether oxygens (including phenoxy) is 2. The Morgan fingerprint density at radius 2 is 1.70 bits per heavy atom. The summed E-state index contributed by atoms with van der Waals surface area (Å²) in [5.74, 6) is 0.420. The Kier molecular flexibility index (Phi) is 6.50. The number of amides is 1. The van der Waals surface area contributed by atoms with E-state index in [0.717, 1.165) is 5.56 Å². The van der Waals surface area contributed by atoms with Gasteiger partial charge in [-0.2, -0.15) is 0 Å². The summed E-state index contributed by atoms with van der Waals surface area (Å²) in [6.07, 6.45) is 0. The van der Waals surface area contributed by atoms with Gasteiger partial charge in [0.15, 0.2) is 11.5 Å². The molecule has 0 unspecified atom stereocenters. The van der Waals surface area contributed by atoms with Crippen molar-refractivity contribution in [3.05, 3.63) is 83.7 Å². The van der Waals surface area contributed by atoms with Crippen molar-refractivity contribution in [2.24, 2.45) is 0 Å². The number of benzene rings is 3. The molecule has 33 heavy (non-hydrogen) atoms. The summed E-state index contributed by atoms with van der Waals surface area (Å²) in [5, 5.41) is 0. The lowest BCUT2D eigenvalue weighted by molar-refractivity contribution is 0.0752. The number of carbonyl (C=O) groups excluding carboxylic acids is 1. The lowest BCUT2D eigenvalue weighted by atomic mass is 10.1. The number of fused-ring (bicyclic) bond motifs is 1. The highest BCUT2D eigenvalue weighted by molar-refractivity contribution is 7.92. The second-order valence-electron chi connectivity index (χ2n) is 7.41. The van der Waals surface area contributed by atoms with Crippen LogP contribution < -0.4 is 14.2 Å². The van der Waals surface area contributed by atoms with E-state index in [1.54, 1.807) is 4.90 Å². The molecule has 0 atom stereocenters. The van der Waals surface area contributed by atoms with Crippen molar-refractivity contribution in [3.8, 4) is 11.5 Å². The molecule has 3 aromatic carbocycles. The Hall–Kier alpha value is -3.59. The first-order chi connectivity index (χ1) is 15.9. The fraction of sp³-hybridized carbons (Fsp3) is 0.208. The van der Waals surface area contributed by atoms with Gasteiger partial charge in [0.25, 0.3) is 15.9 Å². The lowest BCUT2D eigenvalue weighted by Crippen LogP contribution is -2.30. The topological polar surface area (TPSA) is 84.9 Å². The van der Waals surface area contributed by atoms with Crippen LogP contribution in [0.15, 0.2) is 71.6 Å². The molecule has 0 saturated heterocycles. The maximum atomic E-state index is 13.8. The minimum Gasteiger partial charge on any atom is -0.486 e. The van der Waals surface area contributed by atoms with Crippen LogP contribution in [-0.4, -0.2) is 39.0 Å². The first-order valence-corrected chi connectivity index (χ1v) is 11.9. The van der Waals surface area contributed by atoms with Gasteiger partial charge in [0.2, 0.25) is 0 Å². The van der Waals surface area contributed by atoms with Crippen molar-refractivity contribution in [1.29, 1.82) is 0 Å². The largest absolute Gasteiger partial charge is 0.486 e. The average Bonchev–Trinajstić information content (AvgIpc) is 2.83. The third-order valence-electron chi connectivity index (χ3n) is 5.18. The fourth-order valence-electron chi connectivity index (χ4n) is 3.44. The van der Waals surface area contributed by atoms with Gasteiger partial charge in [-0.3, -0.25) is 9.52 Å². The fourth-order valence-corrected chi connectivity index (χ4v) is 4.51. The summed E-state index contributed by atoms with van der Waals surface area (Å²) >= 11 is 0. The Balaban J connectivity index is 1.48. The number of nitrogens with zero attached hydrogens (tertiary/aromatic N) is 1. The van der Waals surface area contributed by atoms with E-state index >= 15 is 0 Å². The predicted molar refractivity (Wildman–Crippen MR) is 121 cm³/mol. The van der Waals surface area contributed by atoms with Crippen LogP contribution >= 0.6 is 0 Å². The number of halogens is 1. The molecule has 0 bridgehead atoms. The van der Waals surface area contributed by atoms with Gasteiger partial charge in [-0.25, -0.2) is 12.8 Å². The molecule has 1 aliphatic heterocycles. The molecule has 4 rings (SSSR count). The quantitative estimate of drug-likeness (QED) is 0.563. The molecule has 1 amide bonds. The molecule has 1 aliphatic rings. The highest BCUT2D eigenvalue weighted by atomic mass is 32.2. The summed E-state index contributed by atoms with van der Waals surface area (Å²) < 4.78 is 52.3. The molecular formula is C24H23FN2O5S. The van der Waals surface area contributed by atoms with Crippen LogP contribution in [0.3, 0.4) is 0 Å². The molecule has 0 aliphatic carbocycles. The average molecular weight is 471 g/mol. The number of hydrogen-bond acceptors (Lipinski definition) is 5. The minimum absolute atomic E-state index is 0.0720. The molecule has 172 valence electrons. The molecule has 7 nitrogen and oxygen atoms in total. The van der Waals surface area contributed by atoms with Gasteiger partial charge in [0.05, 0.1) is 10.6 Å². The molecule has 0 aromatic heterocycles. The van der Waals surface area contributed by atoms with E-state index in [2.05, 4.69) is 4.72 Å². The van der Waals surface area contributed by atoms with E-state index in [1.165, 1.54) is 48.5 Å². The van der Waals surface area contributed by atoms with Crippen LogP contribution in [0, 0.1) is 5.82 Å². The zero-order valence-corrected chi connectivity index (χ0v) is 18.8. The minimum atomic E-state index is -4.00.